The molecule has 0 saturated heterocycles. The third-order valence-electron chi connectivity index (χ3n) is 3.36. The summed E-state index contributed by atoms with van der Waals surface area (Å²) in [5, 5.41) is 0.553. The van der Waals surface area contributed by atoms with Crippen molar-refractivity contribution in [1.82, 2.24) is 19.1 Å². The van der Waals surface area contributed by atoms with Crippen molar-refractivity contribution in [3.8, 4) is 0 Å². The maximum atomic E-state index is 12.1. The number of H-pyrrole nitrogens is 1. The highest BCUT2D eigenvalue weighted by Crippen LogP contribution is 2.06. The number of hydrogen-bond donors (Lipinski definition) is 1. The Labute approximate surface area is 120 Å². The van der Waals surface area contributed by atoms with Crippen molar-refractivity contribution in [2.24, 2.45) is 0 Å². The van der Waals surface area contributed by atoms with Crippen LogP contribution in [0, 0.1) is 0 Å². The fourth-order valence-corrected chi connectivity index (χ4v) is 2.36. The number of fused-ring (bicyclic) bond motifs is 1. The highest BCUT2D eigenvalue weighted by Gasteiger charge is 2.07. The molecule has 0 saturated carbocycles. The molecule has 0 aliphatic carbocycles. The van der Waals surface area contributed by atoms with Crippen LogP contribution in [0.25, 0.3) is 10.9 Å². The molecule has 2 heterocycles. The number of aryl methyl sites for hydroxylation is 1. The Morgan fingerprint density at radius 3 is 2.71 bits per heavy atom. The van der Waals surface area contributed by atoms with Gasteiger partial charge in [-0.3, -0.25) is 13.9 Å². The maximum Gasteiger partial charge on any atom is 0.328 e. The second kappa shape index (κ2) is 5.40. The lowest BCUT2D eigenvalue weighted by Gasteiger charge is -2.03. The summed E-state index contributed by atoms with van der Waals surface area (Å²) in [6.07, 6.45) is 4.37. The van der Waals surface area contributed by atoms with Gasteiger partial charge in [0.05, 0.1) is 17.4 Å². The molecule has 3 rings (SSSR count). The van der Waals surface area contributed by atoms with Crippen LogP contribution >= 0.6 is 0 Å². The fourth-order valence-electron chi connectivity index (χ4n) is 2.36. The van der Waals surface area contributed by atoms with Crippen molar-refractivity contribution in [2.75, 3.05) is 0 Å². The van der Waals surface area contributed by atoms with Crippen LogP contribution in [0.4, 0.5) is 0 Å². The van der Waals surface area contributed by atoms with Gasteiger partial charge in [0.1, 0.15) is 5.82 Å². The van der Waals surface area contributed by atoms with Crippen LogP contribution in [-0.4, -0.2) is 19.1 Å². The molecule has 0 radical (unpaired) electrons. The second-order valence-electron chi connectivity index (χ2n) is 4.93. The molecule has 0 aliphatic rings. The Balaban J connectivity index is 1.99. The van der Waals surface area contributed by atoms with E-state index in [1.165, 1.54) is 0 Å². The smallest absolute Gasteiger partial charge is 0.308 e. The van der Waals surface area contributed by atoms with Gasteiger partial charge in [-0.1, -0.05) is 19.1 Å². The van der Waals surface area contributed by atoms with E-state index >= 15 is 0 Å². The van der Waals surface area contributed by atoms with Crippen molar-refractivity contribution < 1.29 is 0 Å². The van der Waals surface area contributed by atoms with E-state index in [4.69, 9.17) is 0 Å². The molecular weight excluding hydrogens is 268 g/mol. The Hall–Kier alpha value is -2.63. The minimum atomic E-state index is -0.184. The summed E-state index contributed by atoms with van der Waals surface area (Å²) >= 11 is 0. The minimum absolute atomic E-state index is 0.0901. The maximum absolute atomic E-state index is 12.1. The first kappa shape index (κ1) is 13.4. The topological polar surface area (TPSA) is 72.7 Å². The first-order chi connectivity index (χ1) is 10.2. The average molecular weight is 284 g/mol. The molecule has 6 nitrogen and oxygen atoms in total. The van der Waals surface area contributed by atoms with Crippen molar-refractivity contribution in [1.29, 1.82) is 0 Å². The lowest BCUT2D eigenvalue weighted by Crippen LogP contribution is -2.26. The molecular formula is C15H16N4O2. The number of imidazole rings is 1. The fraction of sp³-hybridized carbons (Fsp3) is 0.267. The molecule has 0 atom stereocenters. The van der Waals surface area contributed by atoms with Crippen LogP contribution in [-0.2, 0) is 13.1 Å². The Morgan fingerprint density at radius 2 is 1.90 bits per heavy atom. The predicted molar refractivity (Wildman–Crippen MR) is 80.4 cm³/mol. The molecule has 0 unspecified atom stereocenters. The van der Waals surface area contributed by atoms with Crippen LogP contribution < -0.4 is 11.2 Å². The summed E-state index contributed by atoms with van der Waals surface area (Å²) in [4.78, 5) is 31.2. The van der Waals surface area contributed by atoms with Gasteiger partial charge < -0.3 is 4.98 Å². The minimum Gasteiger partial charge on any atom is -0.308 e. The number of aromatic nitrogens is 4. The zero-order chi connectivity index (χ0) is 14.8. The van der Waals surface area contributed by atoms with Gasteiger partial charge >= 0.3 is 5.69 Å². The summed E-state index contributed by atoms with van der Waals surface area (Å²) in [6.45, 7) is 2.97. The molecule has 6 heteroatoms. The van der Waals surface area contributed by atoms with Crippen molar-refractivity contribution in [3.05, 3.63) is 63.3 Å². The summed E-state index contributed by atoms with van der Waals surface area (Å²) < 4.78 is 3.20. The van der Waals surface area contributed by atoms with E-state index in [2.05, 4.69) is 9.97 Å². The summed E-state index contributed by atoms with van der Waals surface area (Å²) in [7, 11) is 0. The molecule has 2 aromatic heterocycles. The number of nitrogens with zero attached hydrogens (tertiary/aromatic N) is 3. The van der Waals surface area contributed by atoms with Gasteiger partial charge in [-0.05, 0) is 18.6 Å². The molecule has 1 aromatic carbocycles. The Bertz CT molecular complexity index is 888. The summed E-state index contributed by atoms with van der Waals surface area (Å²) in [5.74, 6) is 0.482. The van der Waals surface area contributed by atoms with Crippen LogP contribution in [0.5, 0.6) is 0 Å². The van der Waals surface area contributed by atoms with Gasteiger partial charge in [-0.2, -0.15) is 0 Å². The highest BCUT2D eigenvalue weighted by atomic mass is 16.1. The number of benzene rings is 1. The Morgan fingerprint density at radius 1 is 1.14 bits per heavy atom. The number of para-hydroxylation sites is 1. The zero-order valence-corrected chi connectivity index (χ0v) is 11.7. The molecule has 0 fully saturated rings. The van der Waals surface area contributed by atoms with Gasteiger partial charge in [0.2, 0.25) is 0 Å². The van der Waals surface area contributed by atoms with Crippen molar-refractivity contribution in [3.63, 3.8) is 0 Å². The third kappa shape index (κ3) is 2.52. The monoisotopic (exact) mass is 284 g/mol. The molecule has 1 N–H and O–H groups in total. The van der Waals surface area contributed by atoms with E-state index in [1.807, 2.05) is 13.0 Å². The van der Waals surface area contributed by atoms with E-state index < -0.39 is 0 Å². The lowest BCUT2D eigenvalue weighted by molar-refractivity contribution is 0.617. The van der Waals surface area contributed by atoms with Crippen LogP contribution in [0.15, 0.2) is 46.2 Å². The van der Waals surface area contributed by atoms with Crippen LogP contribution in [0.1, 0.15) is 19.2 Å². The second-order valence-corrected chi connectivity index (χ2v) is 4.93. The van der Waals surface area contributed by atoms with Crippen molar-refractivity contribution >= 4 is 10.9 Å². The largest absolute Gasteiger partial charge is 0.328 e. The number of rotatable bonds is 4. The molecule has 108 valence electrons. The molecule has 0 spiro atoms. The van der Waals surface area contributed by atoms with Crippen LogP contribution in [0.2, 0.25) is 0 Å². The predicted octanol–water partition coefficient (Wildman–Crippen LogP) is 1.34. The first-order valence-electron chi connectivity index (χ1n) is 6.92. The molecule has 0 bridgehead atoms. The number of aromatic amines is 1. The van der Waals surface area contributed by atoms with E-state index in [0.29, 0.717) is 23.3 Å². The summed E-state index contributed by atoms with van der Waals surface area (Å²) in [5.41, 5.74) is 0.363. The van der Waals surface area contributed by atoms with Gasteiger partial charge in [0.15, 0.2) is 0 Å². The molecule has 3 aromatic rings. The van der Waals surface area contributed by atoms with Crippen LogP contribution in [0.3, 0.4) is 0 Å². The van der Waals surface area contributed by atoms with Gasteiger partial charge in [-0.25, -0.2) is 9.78 Å². The lowest BCUT2D eigenvalue weighted by atomic mass is 10.2. The number of nitrogens with one attached hydrogen (secondary N) is 1. The SMILES string of the molecule is CCCn1ccn(Cc2nc3ccccc3c(=O)[nH]2)c1=O. The van der Waals surface area contributed by atoms with Gasteiger partial charge in [0.25, 0.3) is 5.56 Å². The standard InChI is InChI=1S/C15H16N4O2/c1-2-7-18-8-9-19(15(18)21)10-13-16-12-6-4-3-5-11(12)14(20)17-13/h3-6,8-9H,2,7,10H2,1H3,(H,16,17,20). The normalized spacial score (nSPS) is 11.1. The average Bonchev–Trinajstić information content (AvgIpc) is 2.81. The number of hydrogen-bond acceptors (Lipinski definition) is 3. The molecule has 21 heavy (non-hydrogen) atoms. The molecule has 0 aliphatic heterocycles. The summed E-state index contributed by atoms with van der Waals surface area (Å²) in [6, 6.07) is 7.16. The first-order valence-corrected chi connectivity index (χ1v) is 6.92. The third-order valence-corrected chi connectivity index (χ3v) is 3.36. The quantitative estimate of drug-likeness (QED) is 0.786. The van der Waals surface area contributed by atoms with Crippen molar-refractivity contribution in [2.45, 2.75) is 26.4 Å². The van der Waals surface area contributed by atoms with E-state index in [9.17, 15) is 9.59 Å². The molecule has 0 amide bonds. The van der Waals surface area contributed by atoms with Gasteiger partial charge in [0, 0.05) is 18.9 Å². The highest BCUT2D eigenvalue weighted by molar-refractivity contribution is 5.77. The Kier molecular flexibility index (Phi) is 3.43. The zero-order valence-electron chi connectivity index (χ0n) is 11.7. The van der Waals surface area contributed by atoms with Gasteiger partial charge in [-0.15, -0.1) is 0 Å². The van der Waals surface area contributed by atoms with E-state index in [0.717, 1.165) is 6.42 Å². The van der Waals surface area contributed by atoms with E-state index in [1.54, 1.807) is 39.7 Å². The van der Waals surface area contributed by atoms with E-state index in [-0.39, 0.29) is 17.8 Å².